The van der Waals surface area contributed by atoms with Crippen molar-refractivity contribution in [3.63, 3.8) is 0 Å². The number of aliphatic imine (C=N–C) groups is 1. The summed E-state index contributed by atoms with van der Waals surface area (Å²) in [7, 11) is 3.94. The van der Waals surface area contributed by atoms with Crippen molar-refractivity contribution in [3.8, 4) is 0 Å². The summed E-state index contributed by atoms with van der Waals surface area (Å²) >= 11 is 7.90. The maximum atomic E-state index is 6.10. The third kappa shape index (κ3) is 7.40. The molecular weight excluding hydrogens is 519 g/mol. The quantitative estimate of drug-likeness (QED) is 0.321. The Morgan fingerprint density at radius 3 is 2.62 bits per heavy atom. The SMILES string of the molecule is CN=C(NCC(c1ccc(Cl)cc1)N1CCOCC1)N(C)CCc1cccs1.I. The van der Waals surface area contributed by atoms with Crippen LogP contribution >= 0.6 is 46.9 Å². The van der Waals surface area contributed by atoms with E-state index in [4.69, 9.17) is 16.3 Å². The molecule has 1 unspecified atom stereocenters. The van der Waals surface area contributed by atoms with Crippen molar-refractivity contribution in [2.45, 2.75) is 12.5 Å². The number of nitrogens with zero attached hydrogens (tertiary/aromatic N) is 3. The highest BCUT2D eigenvalue weighted by Gasteiger charge is 2.23. The molecule has 1 saturated heterocycles. The summed E-state index contributed by atoms with van der Waals surface area (Å²) < 4.78 is 5.54. The van der Waals surface area contributed by atoms with Gasteiger partial charge in [0.25, 0.3) is 0 Å². The van der Waals surface area contributed by atoms with Gasteiger partial charge >= 0.3 is 0 Å². The Bertz CT molecular complexity index is 736. The van der Waals surface area contributed by atoms with Crippen molar-refractivity contribution in [1.29, 1.82) is 0 Å². The van der Waals surface area contributed by atoms with E-state index in [-0.39, 0.29) is 30.0 Å². The summed E-state index contributed by atoms with van der Waals surface area (Å²) in [6, 6.07) is 12.7. The molecule has 0 bridgehead atoms. The van der Waals surface area contributed by atoms with Crippen LogP contribution in [0.5, 0.6) is 0 Å². The van der Waals surface area contributed by atoms with E-state index in [9.17, 15) is 0 Å². The number of rotatable bonds is 7. The summed E-state index contributed by atoms with van der Waals surface area (Å²) in [6.07, 6.45) is 1.03. The molecule has 5 nitrogen and oxygen atoms in total. The van der Waals surface area contributed by atoms with Gasteiger partial charge in [-0.15, -0.1) is 35.3 Å². The number of benzene rings is 1. The molecule has 0 spiro atoms. The van der Waals surface area contributed by atoms with Crippen LogP contribution in [0.4, 0.5) is 0 Å². The molecule has 1 aromatic carbocycles. The largest absolute Gasteiger partial charge is 0.379 e. The number of hydrogen-bond acceptors (Lipinski definition) is 4. The van der Waals surface area contributed by atoms with E-state index in [2.05, 4.69) is 56.8 Å². The molecule has 0 amide bonds. The Hall–Kier alpha value is -0.870. The van der Waals surface area contributed by atoms with Crippen molar-refractivity contribution in [1.82, 2.24) is 15.1 Å². The fourth-order valence-corrected chi connectivity index (χ4v) is 4.27. The minimum atomic E-state index is 0. The molecule has 8 heteroatoms. The Kier molecular flexibility index (Phi) is 10.7. The van der Waals surface area contributed by atoms with Crippen LogP contribution in [0.3, 0.4) is 0 Å². The van der Waals surface area contributed by atoms with Crippen LogP contribution in [-0.2, 0) is 11.2 Å². The average Bonchev–Trinajstić information content (AvgIpc) is 3.25. The second-order valence-electron chi connectivity index (χ2n) is 6.89. The van der Waals surface area contributed by atoms with Crippen LogP contribution in [0, 0.1) is 0 Å². The zero-order valence-corrected chi connectivity index (χ0v) is 20.9. The van der Waals surface area contributed by atoms with Crippen molar-refractivity contribution in [3.05, 3.63) is 57.2 Å². The number of likely N-dealkylation sites (N-methyl/N-ethyl adjacent to an activating group) is 1. The average molecular weight is 549 g/mol. The first-order valence-electron chi connectivity index (χ1n) is 9.69. The third-order valence-electron chi connectivity index (χ3n) is 5.04. The number of hydrogen-bond donors (Lipinski definition) is 1. The molecule has 1 aliphatic heterocycles. The van der Waals surface area contributed by atoms with Crippen LogP contribution in [0.1, 0.15) is 16.5 Å². The van der Waals surface area contributed by atoms with Gasteiger partial charge in [-0.3, -0.25) is 9.89 Å². The van der Waals surface area contributed by atoms with Gasteiger partial charge < -0.3 is 15.0 Å². The molecule has 2 heterocycles. The monoisotopic (exact) mass is 548 g/mol. The fraction of sp³-hybridized carbons (Fsp3) is 0.476. The van der Waals surface area contributed by atoms with Crippen LogP contribution < -0.4 is 5.32 Å². The number of ether oxygens (including phenoxy) is 1. The number of halogens is 2. The summed E-state index contributed by atoms with van der Waals surface area (Å²) in [4.78, 5) is 10.5. The van der Waals surface area contributed by atoms with E-state index in [1.54, 1.807) is 11.3 Å². The normalized spacial score (nSPS) is 16.2. The standard InChI is InChI=1S/C21H29ClN4OS.HI/c1-23-21(25(2)10-9-19-4-3-15-28-19)24-16-20(26-11-13-27-14-12-26)17-5-7-18(22)8-6-17;/h3-8,15,20H,9-14,16H2,1-2H3,(H,23,24);1H. The van der Waals surface area contributed by atoms with E-state index in [0.717, 1.165) is 56.8 Å². The smallest absolute Gasteiger partial charge is 0.193 e. The first kappa shape index (κ1) is 24.4. The van der Waals surface area contributed by atoms with Gasteiger partial charge in [0, 0.05) is 50.2 Å². The van der Waals surface area contributed by atoms with E-state index in [1.807, 2.05) is 19.2 Å². The molecule has 0 radical (unpaired) electrons. The van der Waals surface area contributed by atoms with Gasteiger partial charge in [-0.1, -0.05) is 29.8 Å². The summed E-state index contributed by atoms with van der Waals surface area (Å²) in [6.45, 7) is 5.14. The zero-order chi connectivity index (χ0) is 19.8. The molecule has 1 fully saturated rings. The summed E-state index contributed by atoms with van der Waals surface area (Å²) in [5.41, 5.74) is 1.26. The lowest BCUT2D eigenvalue weighted by molar-refractivity contribution is 0.0169. The summed E-state index contributed by atoms with van der Waals surface area (Å²) in [5, 5.41) is 6.47. The van der Waals surface area contributed by atoms with Crippen molar-refractivity contribution >= 4 is 52.9 Å². The number of nitrogens with one attached hydrogen (secondary N) is 1. The lowest BCUT2D eigenvalue weighted by Gasteiger charge is -2.35. The van der Waals surface area contributed by atoms with Gasteiger partial charge in [0.15, 0.2) is 5.96 Å². The molecule has 3 rings (SSSR count). The van der Waals surface area contributed by atoms with Crippen LogP contribution in [0.2, 0.25) is 5.02 Å². The van der Waals surface area contributed by atoms with E-state index in [1.165, 1.54) is 10.4 Å². The molecule has 1 N–H and O–H groups in total. The van der Waals surface area contributed by atoms with Gasteiger partial charge in [0.05, 0.1) is 19.3 Å². The van der Waals surface area contributed by atoms with Gasteiger partial charge in [-0.05, 0) is 35.6 Å². The van der Waals surface area contributed by atoms with Gasteiger partial charge in [0.2, 0.25) is 0 Å². The number of guanidine groups is 1. The maximum Gasteiger partial charge on any atom is 0.193 e. The number of morpholine rings is 1. The van der Waals surface area contributed by atoms with Crippen molar-refractivity contribution in [2.75, 3.05) is 53.5 Å². The van der Waals surface area contributed by atoms with Gasteiger partial charge in [0.1, 0.15) is 0 Å². The Balaban J connectivity index is 0.00000300. The predicted molar refractivity (Wildman–Crippen MR) is 134 cm³/mol. The molecule has 1 aromatic heterocycles. The topological polar surface area (TPSA) is 40.1 Å². The third-order valence-corrected chi connectivity index (χ3v) is 6.23. The van der Waals surface area contributed by atoms with Gasteiger partial charge in [-0.2, -0.15) is 0 Å². The van der Waals surface area contributed by atoms with Crippen molar-refractivity contribution < 1.29 is 4.74 Å². The minimum Gasteiger partial charge on any atom is -0.379 e. The second kappa shape index (κ2) is 12.7. The number of thiophene rings is 1. The van der Waals surface area contributed by atoms with Crippen LogP contribution in [-0.4, -0.2) is 69.2 Å². The molecule has 1 aliphatic rings. The highest BCUT2D eigenvalue weighted by atomic mass is 127. The molecule has 0 aliphatic carbocycles. The maximum absolute atomic E-state index is 6.10. The van der Waals surface area contributed by atoms with E-state index in [0.29, 0.717) is 0 Å². The van der Waals surface area contributed by atoms with E-state index < -0.39 is 0 Å². The van der Waals surface area contributed by atoms with Crippen LogP contribution in [0.15, 0.2) is 46.8 Å². The lowest BCUT2D eigenvalue weighted by Crippen LogP contribution is -2.47. The lowest BCUT2D eigenvalue weighted by atomic mass is 10.0. The molecule has 2 aromatic rings. The molecule has 1 atom stereocenters. The van der Waals surface area contributed by atoms with E-state index >= 15 is 0 Å². The molecule has 160 valence electrons. The Morgan fingerprint density at radius 2 is 2.00 bits per heavy atom. The van der Waals surface area contributed by atoms with Gasteiger partial charge in [-0.25, -0.2) is 0 Å². The first-order chi connectivity index (χ1) is 13.7. The Labute approximate surface area is 200 Å². The fourth-order valence-electron chi connectivity index (χ4n) is 3.44. The minimum absolute atomic E-state index is 0. The summed E-state index contributed by atoms with van der Waals surface area (Å²) in [5.74, 6) is 0.920. The molecule has 0 saturated carbocycles. The van der Waals surface area contributed by atoms with Crippen molar-refractivity contribution in [2.24, 2.45) is 4.99 Å². The second-order valence-corrected chi connectivity index (χ2v) is 8.36. The highest BCUT2D eigenvalue weighted by molar-refractivity contribution is 14.0. The highest BCUT2D eigenvalue weighted by Crippen LogP contribution is 2.23. The molecular formula is C21H30ClIN4OS. The molecule has 29 heavy (non-hydrogen) atoms. The Morgan fingerprint density at radius 1 is 1.28 bits per heavy atom. The zero-order valence-electron chi connectivity index (χ0n) is 17.0. The predicted octanol–water partition coefficient (Wildman–Crippen LogP) is 4.14. The first-order valence-corrected chi connectivity index (χ1v) is 10.9. The van der Waals surface area contributed by atoms with Crippen LogP contribution in [0.25, 0.3) is 0 Å².